The molecule has 0 bridgehead atoms. The van der Waals surface area contributed by atoms with E-state index >= 15 is 0 Å². The van der Waals surface area contributed by atoms with Crippen LogP contribution in [0.15, 0.2) is 8.31 Å². The number of nitrogens with zero attached hydrogens (tertiary/aromatic N) is 2. The molecular weight excluding hydrogens is 303 g/mol. The fourth-order valence-corrected chi connectivity index (χ4v) is 1.30. The van der Waals surface area contributed by atoms with E-state index in [0.29, 0.717) is 13.1 Å². The zero-order chi connectivity index (χ0) is 10.8. The molecule has 0 spiro atoms. The van der Waals surface area contributed by atoms with Gasteiger partial charge in [0.1, 0.15) is 0 Å². The topological polar surface area (TPSA) is 90.0 Å². The Kier molecular flexibility index (Phi) is 9.27. The van der Waals surface area contributed by atoms with Crippen molar-refractivity contribution in [3.8, 4) is 0 Å². The van der Waals surface area contributed by atoms with Gasteiger partial charge in [-0.15, -0.1) is 0 Å². The first-order valence-corrected chi connectivity index (χ1v) is 5.83. The van der Waals surface area contributed by atoms with Crippen molar-refractivity contribution in [3.05, 3.63) is 5.21 Å². The Morgan fingerprint density at radius 1 is 1.50 bits per heavy atom. The molecule has 0 fully saturated rings. The van der Waals surface area contributed by atoms with Gasteiger partial charge in [0.25, 0.3) is 0 Å². The Hall–Kier alpha value is -0.170. The van der Waals surface area contributed by atoms with Gasteiger partial charge in [-0.05, 0) is 0 Å². The Morgan fingerprint density at radius 2 is 2.21 bits per heavy atom. The number of nitrogens with one attached hydrogen (secondary N) is 4. The van der Waals surface area contributed by atoms with Gasteiger partial charge in [0.05, 0.1) is 0 Å². The molecule has 2 atom stereocenters. The van der Waals surface area contributed by atoms with Crippen molar-refractivity contribution in [2.24, 2.45) is 8.31 Å². The third-order valence-corrected chi connectivity index (χ3v) is 2.67. The second kappa shape index (κ2) is 9.39. The van der Waals surface area contributed by atoms with E-state index in [4.69, 9.17) is 0 Å². The number of quaternary nitrogens is 2. The van der Waals surface area contributed by atoms with Crippen molar-refractivity contribution in [1.29, 1.82) is 0 Å². The van der Waals surface area contributed by atoms with E-state index in [9.17, 15) is 5.21 Å². The molecule has 0 aliphatic carbocycles. The van der Waals surface area contributed by atoms with E-state index in [1.165, 1.54) is 0 Å². The quantitative estimate of drug-likeness (QED) is 0.112. The van der Waals surface area contributed by atoms with Crippen LogP contribution in [0.2, 0.25) is 0 Å². The molecule has 0 rings (SSSR count). The molecule has 8 nitrogen and oxygen atoms in total. The second-order valence-corrected chi connectivity index (χ2v) is 4.23. The maximum atomic E-state index is 11.2. The summed E-state index contributed by atoms with van der Waals surface area (Å²) in [6.45, 7) is 7.79. The van der Waals surface area contributed by atoms with Crippen molar-refractivity contribution in [2.45, 2.75) is 0 Å². The summed E-state index contributed by atoms with van der Waals surface area (Å²) in [4.78, 5) is 4.69. The van der Waals surface area contributed by atoms with Crippen LogP contribution in [-0.4, -0.2) is 33.6 Å². The first-order valence-electron chi connectivity index (χ1n) is 3.78. The summed E-state index contributed by atoms with van der Waals surface area (Å²) in [6.07, 6.45) is 0. The van der Waals surface area contributed by atoms with Crippen LogP contribution >= 0.6 is 0 Å². The Bertz CT molecular complexity index is 170. The van der Waals surface area contributed by atoms with Gasteiger partial charge < -0.3 is 0 Å². The summed E-state index contributed by atoms with van der Waals surface area (Å²) >= 11 is -0.833. The summed E-state index contributed by atoms with van der Waals surface area (Å²) in [6, 6.07) is 0. The third-order valence-electron chi connectivity index (χ3n) is 1.09. The molecule has 0 aromatic carbocycles. The van der Waals surface area contributed by atoms with Gasteiger partial charge >= 0.3 is 93.2 Å². The molecule has 0 aliphatic heterocycles. The molecule has 0 saturated heterocycles. The van der Waals surface area contributed by atoms with E-state index in [1.54, 1.807) is 7.05 Å². The molecule has 2 unspecified atom stereocenters. The average molecular weight is 318 g/mol. The summed E-state index contributed by atoms with van der Waals surface area (Å²) in [7, 11) is 1.81. The van der Waals surface area contributed by atoms with E-state index < -0.39 is 27.1 Å². The fraction of sp³-hybridized carbons (Fsp3) is 0.600. The van der Waals surface area contributed by atoms with Gasteiger partial charge in [0.2, 0.25) is 0 Å². The van der Waals surface area contributed by atoms with Crippen LogP contribution in [0, 0.1) is 5.21 Å². The van der Waals surface area contributed by atoms with Gasteiger partial charge in [-0.25, -0.2) is 0 Å². The number of hydroxylamine groups is 1. The number of rotatable bonds is 9. The molecular formula is C5H15IN6O2. The van der Waals surface area contributed by atoms with Gasteiger partial charge in [-0.3, -0.25) is 0 Å². The number of hydrogen-bond acceptors (Lipinski definition) is 6. The normalized spacial score (nSPS) is 15.0. The van der Waals surface area contributed by atoms with Crippen molar-refractivity contribution in [3.63, 3.8) is 0 Å². The molecule has 0 amide bonds. The minimum atomic E-state index is -0.833. The van der Waals surface area contributed by atoms with Gasteiger partial charge in [0, 0.05) is 0 Å². The zero-order valence-corrected chi connectivity index (χ0v) is 10.1. The first-order chi connectivity index (χ1) is 6.76. The Balaban J connectivity index is 3.62. The van der Waals surface area contributed by atoms with E-state index in [1.807, 2.05) is 0 Å². The molecule has 0 heterocycles. The van der Waals surface area contributed by atoms with Crippen LogP contribution in [0.1, 0.15) is 0 Å². The molecule has 4 N–H and O–H groups in total. The summed E-state index contributed by atoms with van der Waals surface area (Å²) in [5.41, 5.74) is 2.49. The van der Waals surface area contributed by atoms with Crippen LogP contribution in [0.25, 0.3) is 0 Å². The third kappa shape index (κ3) is 6.31. The molecule has 0 aromatic heterocycles. The van der Waals surface area contributed by atoms with Crippen LogP contribution in [0.5, 0.6) is 0 Å². The van der Waals surface area contributed by atoms with E-state index in [2.05, 4.69) is 37.5 Å². The second-order valence-electron chi connectivity index (χ2n) is 2.04. The standard InChI is InChI=1S/C5H15IN6O2/c1-7-4-5-10-14-12(13)11(9-3)6-8-2/h7,10-12H,2-5H2,1H3. The monoisotopic (exact) mass is 318 g/mol. The Labute approximate surface area is 93.4 Å². The van der Waals surface area contributed by atoms with Gasteiger partial charge in [0.15, 0.2) is 0 Å². The molecule has 14 heavy (non-hydrogen) atoms. The summed E-state index contributed by atoms with van der Waals surface area (Å²) in [5.74, 6) is 0. The molecule has 9 heteroatoms. The van der Waals surface area contributed by atoms with Gasteiger partial charge in [-0.1, -0.05) is 0 Å². The van der Waals surface area contributed by atoms with Crippen molar-refractivity contribution in [2.75, 3.05) is 20.1 Å². The van der Waals surface area contributed by atoms with Crippen molar-refractivity contribution in [1.82, 2.24) is 10.8 Å². The average Bonchev–Trinajstić information content (AvgIpc) is 2.20. The Morgan fingerprint density at radius 3 is 2.71 bits per heavy atom. The first kappa shape index (κ1) is 13.8. The van der Waals surface area contributed by atoms with E-state index in [0.717, 1.165) is 0 Å². The van der Waals surface area contributed by atoms with Crippen LogP contribution in [-0.2, 0) is 4.94 Å². The number of hydrogen-bond donors (Lipinski definition) is 4. The van der Waals surface area contributed by atoms with Crippen LogP contribution < -0.4 is 41.2 Å². The van der Waals surface area contributed by atoms with Crippen LogP contribution in [0.3, 0.4) is 0 Å². The fourth-order valence-electron chi connectivity index (χ4n) is 0.517. The van der Waals surface area contributed by atoms with E-state index in [-0.39, 0.29) is 3.33 Å². The van der Waals surface area contributed by atoms with Crippen molar-refractivity contribution < 1.29 is 35.4 Å². The molecule has 0 aliphatic rings. The molecule has 0 radical (unpaired) electrons. The predicted molar refractivity (Wildman–Crippen MR) is 47.4 cm³/mol. The summed E-state index contributed by atoms with van der Waals surface area (Å²) in [5, 5.41) is 17.1. The van der Waals surface area contributed by atoms with Crippen molar-refractivity contribution >= 4 is 13.4 Å². The summed E-state index contributed by atoms with van der Waals surface area (Å²) < 4.78 is 3.87. The number of likely N-dealkylation sites (N-methyl/N-ethyl adjacent to an activating group) is 1. The molecule has 0 aromatic rings. The molecule has 84 valence electrons. The maximum absolute atomic E-state index is 11.2. The zero-order valence-electron chi connectivity index (χ0n) is 7.92. The minimum absolute atomic E-state index is 0.246. The predicted octanol–water partition coefficient (Wildman–Crippen LogP) is -6.94. The SMILES string of the molecule is C=N[I-][NH+](N=C)[NH+]([O-])ONCCNC. The van der Waals surface area contributed by atoms with Crippen LogP contribution in [0.4, 0.5) is 0 Å². The van der Waals surface area contributed by atoms with Gasteiger partial charge in [-0.2, -0.15) is 0 Å². The molecule has 0 saturated carbocycles. The number of halogens is 1.